The summed E-state index contributed by atoms with van der Waals surface area (Å²) in [6, 6.07) is 5.15. The molecular weight excluding hydrogens is 286 g/mol. The summed E-state index contributed by atoms with van der Waals surface area (Å²) in [5.41, 5.74) is 1.10. The van der Waals surface area contributed by atoms with E-state index < -0.39 is 5.97 Å². The van der Waals surface area contributed by atoms with Gasteiger partial charge in [0, 0.05) is 8.10 Å². The van der Waals surface area contributed by atoms with Crippen LogP contribution in [0.1, 0.15) is 22.8 Å². The molecule has 0 aliphatic rings. The van der Waals surface area contributed by atoms with Gasteiger partial charge in [-0.25, -0.2) is 9.74 Å². The molecule has 0 atom stereocenters. The van der Waals surface area contributed by atoms with Crippen LogP contribution in [0.25, 0.3) is 0 Å². The van der Waals surface area contributed by atoms with E-state index in [0.29, 0.717) is 12.0 Å². The highest BCUT2D eigenvalue weighted by atomic mass is 127. The average molecular weight is 294 g/mol. The quantitative estimate of drug-likeness (QED) is 0.784. The van der Waals surface area contributed by atoms with Crippen LogP contribution in [0.4, 0.5) is 4.53 Å². The third-order valence-electron chi connectivity index (χ3n) is 1.74. The van der Waals surface area contributed by atoms with E-state index in [1.807, 2.05) is 13.0 Å². The molecule has 0 spiro atoms. The lowest BCUT2D eigenvalue weighted by molar-refractivity contribution is -0.0788. The Morgan fingerprint density at radius 2 is 2.31 bits per heavy atom. The van der Waals surface area contributed by atoms with Gasteiger partial charge in [-0.05, 0) is 52.8 Å². The van der Waals surface area contributed by atoms with Gasteiger partial charge in [0.2, 0.25) is 0 Å². The lowest BCUT2D eigenvalue weighted by atomic mass is 10.1. The summed E-state index contributed by atoms with van der Waals surface area (Å²) in [5.74, 6) is -0.923. The van der Waals surface area contributed by atoms with Crippen LogP contribution in [0.3, 0.4) is 0 Å². The largest absolute Gasteiger partial charge is 0.379 e. The van der Waals surface area contributed by atoms with Crippen LogP contribution in [0.5, 0.6) is 0 Å². The van der Waals surface area contributed by atoms with Crippen molar-refractivity contribution in [2.45, 2.75) is 13.3 Å². The van der Waals surface area contributed by atoms with Crippen molar-refractivity contribution in [1.82, 2.24) is 0 Å². The molecule has 1 aromatic carbocycles. The van der Waals surface area contributed by atoms with E-state index in [2.05, 4.69) is 27.5 Å². The van der Waals surface area contributed by atoms with Crippen LogP contribution in [0.2, 0.25) is 0 Å². The monoisotopic (exact) mass is 294 g/mol. The smallest absolute Gasteiger partial charge is 0.249 e. The van der Waals surface area contributed by atoms with Gasteiger partial charge < -0.3 is 0 Å². The fraction of sp³-hybridized carbons (Fsp3) is 0.222. The summed E-state index contributed by atoms with van der Waals surface area (Å²) >= 11 is 2.14. The highest BCUT2D eigenvalue weighted by Gasteiger charge is 2.12. The van der Waals surface area contributed by atoms with Crippen molar-refractivity contribution < 1.29 is 14.3 Å². The molecule has 0 N–H and O–H groups in total. The van der Waals surface area contributed by atoms with E-state index >= 15 is 0 Å². The Balaban J connectivity index is 3.13. The van der Waals surface area contributed by atoms with Gasteiger partial charge in [-0.3, -0.25) is 0 Å². The predicted molar refractivity (Wildman–Crippen MR) is 55.1 cm³/mol. The SMILES string of the molecule is CCc1cc(I)ccc1C(=O)OF. The number of halogens is 2. The molecule has 0 saturated heterocycles. The molecule has 0 fully saturated rings. The summed E-state index contributed by atoms with van der Waals surface area (Å²) in [6.45, 7) is 1.90. The number of hydrogen-bond acceptors (Lipinski definition) is 2. The Kier molecular flexibility index (Phi) is 3.65. The van der Waals surface area contributed by atoms with Crippen LogP contribution < -0.4 is 0 Å². The number of benzene rings is 1. The molecule has 0 aliphatic heterocycles. The fourth-order valence-electron chi connectivity index (χ4n) is 1.10. The lowest BCUT2D eigenvalue weighted by Gasteiger charge is -2.03. The molecule has 0 bridgehead atoms. The Labute approximate surface area is 89.1 Å². The van der Waals surface area contributed by atoms with E-state index in [0.717, 1.165) is 9.13 Å². The normalized spacial score (nSPS) is 9.77. The zero-order chi connectivity index (χ0) is 9.84. The first-order valence-corrected chi connectivity index (χ1v) is 4.88. The molecule has 0 aromatic heterocycles. The summed E-state index contributed by atoms with van der Waals surface area (Å²) in [6.07, 6.45) is 0.682. The Hall–Kier alpha value is -0.650. The molecule has 0 heterocycles. The Bertz CT molecular complexity index is 325. The Morgan fingerprint density at radius 1 is 1.62 bits per heavy atom. The van der Waals surface area contributed by atoms with Crippen molar-refractivity contribution in [3.8, 4) is 0 Å². The third-order valence-corrected chi connectivity index (χ3v) is 2.41. The molecule has 0 amide bonds. The molecule has 0 radical (unpaired) electrons. The molecule has 70 valence electrons. The van der Waals surface area contributed by atoms with E-state index in [9.17, 15) is 9.32 Å². The molecule has 0 unspecified atom stereocenters. The van der Waals surface area contributed by atoms with Crippen molar-refractivity contribution in [3.05, 3.63) is 32.9 Å². The lowest BCUT2D eigenvalue weighted by Crippen LogP contribution is -2.03. The van der Waals surface area contributed by atoms with Crippen molar-refractivity contribution in [2.75, 3.05) is 0 Å². The number of rotatable bonds is 2. The second-order valence-electron chi connectivity index (χ2n) is 2.52. The number of aryl methyl sites for hydroxylation is 1. The summed E-state index contributed by atoms with van der Waals surface area (Å²) in [7, 11) is 0. The van der Waals surface area contributed by atoms with Gasteiger partial charge in [-0.2, -0.15) is 0 Å². The van der Waals surface area contributed by atoms with E-state index in [-0.39, 0.29) is 0 Å². The van der Waals surface area contributed by atoms with E-state index in [4.69, 9.17) is 0 Å². The number of hydrogen-bond donors (Lipinski definition) is 0. The van der Waals surface area contributed by atoms with Crippen LogP contribution >= 0.6 is 22.6 Å². The molecule has 4 heteroatoms. The van der Waals surface area contributed by atoms with Gasteiger partial charge >= 0.3 is 5.97 Å². The minimum Gasteiger partial charge on any atom is -0.249 e. The second kappa shape index (κ2) is 4.55. The second-order valence-corrected chi connectivity index (χ2v) is 3.77. The van der Waals surface area contributed by atoms with E-state index in [1.165, 1.54) is 0 Å². The van der Waals surface area contributed by atoms with Crippen LogP contribution in [-0.2, 0) is 11.4 Å². The summed E-state index contributed by atoms with van der Waals surface area (Å²) in [4.78, 5) is 14.1. The standard InChI is InChI=1S/C9H8FIO2/c1-2-6-5-7(11)3-4-8(6)9(12)13-10/h3-5H,2H2,1H3. The molecule has 1 rings (SSSR count). The minimum absolute atomic E-state index is 0.297. The third kappa shape index (κ3) is 2.40. The van der Waals surface area contributed by atoms with Gasteiger partial charge in [0.05, 0.1) is 5.56 Å². The summed E-state index contributed by atoms with van der Waals surface area (Å²) < 4.78 is 12.7. The topological polar surface area (TPSA) is 26.3 Å². The van der Waals surface area contributed by atoms with Crippen LogP contribution in [-0.4, -0.2) is 5.97 Å². The van der Waals surface area contributed by atoms with Crippen LogP contribution in [0, 0.1) is 3.57 Å². The molecule has 0 saturated carbocycles. The van der Waals surface area contributed by atoms with Gasteiger partial charge in [0.1, 0.15) is 0 Å². The van der Waals surface area contributed by atoms with Gasteiger partial charge in [0.15, 0.2) is 0 Å². The fourth-order valence-corrected chi connectivity index (χ4v) is 1.65. The first-order chi connectivity index (χ1) is 6.19. The van der Waals surface area contributed by atoms with Gasteiger partial charge in [-0.15, -0.1) is 0 Å². The van der Waals surface area contributed by atoms with Crippen molar-refractivity contribution in [3.63, 3.8) is 0 Å². The first kappa shape index (κ1) is 10.4. The summed E-state index contributed by atoms with van der Waals surface area (Å²) in [5, 5.41) is 0. The van der Waals surface area contributed by atoms with Crippen molar-refractivity contribution in [2.24, 2.45) is 0 Å². The van der Waals surface area contributed by atoms with Gasteiger partial charge in [0.25, 0.3) is 0 Å². The van der Waals surface area contributed by atoms with Crippen molar-refractivity contribution >= 4 is 28.6 Å². The molecule has 2 nitrogen and oxygen atoms in total. The number of carbonyl (C=O) groups excluding carboxylic acids is 1. The zero-order valence-electron chi connectivity index (χ0n) is 7.01. The Morgan fingerprint density at radius 3 is 2.85 bits per heavy atom. The highest BCUT2D eigenvalue weighted by molar-refractivity contribution is 14.1. The molecular formula is C9H8FIO2. The molecule has 0 aliphatic carbocycles. The average Bonchev–Trinajstić information content (AvgIpc) is 2.16. The van der Waals surface area contributed by atoms with Crippen LogP contribution in [0.15, 0.2) is 18.2 Å². The van der Waals surface area contributed by atoms with Crippen molar-refractivity contribution in [1.29, 1.82) is 0 Å². The maximum absolute atomic E-state index is 11.6. The maximum Gasteiger partial charge on any atom is 0.379 e. The zero-order valence-corrected chi connectivity index (χ0v) is 9.17. The molecule has 1 aromatic rings. The predicted octanol–water partition coefficient (Wildman–Crippen LogP) is 2.89. The minimum atomic E-state index is -0.923. The van der Waals surface area contributed by atoms with E-state index in [1.54, 1.807) is 12.1 Å². The molecule has 13 heavy (non-hydrogen) atoms. The maximum atomic E-state index is 11.6. The number of carbonyl (C=O) groups is 1. The highest BCUT2D eigenvalue weighted by Crippen LogP contribution is 2.15. The van der Waals surface area contributed by atoms with Gasteiger partial charge in [-0.1, -0.05) is 6.92 Å². The first-order valence-electron chi connectivity index (χ1n) is 3.80.